The minimum absolute atomic E-state index is 0. The normalized spacial score (nSPS) is 20.1. The Hall–Kier alpha value is -1.13. The van der Waals surface area contributed by atoms with Crippen molar-refractivity contribution in [3.63, 3.8) is 0 Å². The molecule has 0 aromatic heterocycles. The van der Waals surface area contributed by atoms with Crippen molar-refractivity contribution in [3.8, 4) is 0 Å². The Morgan fingerprint density at radius 1 is 1.10 bits per heavy atom. The van der Waals surface area contributed by atoms with E-state index in [1.165, 1.54) is 11.1 Å². The first kappa shape index (κ1) is 24.1. The molecular formula is C21H33IN4O2S. The van der Waals surface area contributed by atoms with E-state index in [1.54, 1.807) is 0 Å². The van der Waals surface area contributed by atoms with Gasteiger partial charge in [0.25, 0.3) is 0 Å². The molecular weight excluding hydrogens is 499 g/mol. The quantitative estimate of drug-likeness (QED) is 0.359. The summed E-state index contributed by atoms with van der Waals surface area (Å²) in [7, 11) is -2.81. The third kappa shape index (κ3) is 7.90. The smallest absolute Gasteiger partial charge is 0.193 e. The molecule has 0 spiro atoms. The monoisotopic (exact) mass is 532 g/mol. The van der Waals surface area contributed by atoms with E-state index in [0.29, 0.717) is 19.6 Å². The number of hydrogen-bond donors (Lipinski definition) is 1. The average molecular weight is 532 g/mol. The highest BCUT2D eigenvalue weighted by atomic mass is 127. The highest BCUT2D eigenvalue weighted by Gasteiger charge is 2.21. The van der Waals surface area contributed by atoms with Gasteiger partial charge in [-0.3, -0.25) is 9.89 Å². The molecule has 2 saturated heterocycles. The molecule has 0 saturated carbocycles. The van der Waals surface area contributed by atoms with Crippen LogP contribution in [-0.2, 0) is 9.84 Å². The van der Waals surface area contributed by atoms with Crippen LogP contribution in [0.15, 0.2) is 40.9 Å². The Morgan fingerprint density at radius 2 is 1.76 bits per heavy atom. The zero-order valence-electron chi connectivity index (χ0n) is 17.2. The van der Waals surface area contributed by atoms with Crippen molar-refractivity contribution in [2.24, 2.45) is 4.99 Å². The first-order chi connectivity index (χ1) is 13.6. The average Bonchev–Trinajstić information content (AvgIpc) is 2.70. The first-order valence-electron chi connectivity index (χ1n) is 10.3. The summed E-state index contributed by atoms with van der Waals surface area (Å²) in [6, 6.07) is 10.5. The third-order valence-corrected chi connectivity index (χ3v) is 6.93. The van der Waals surface area contributed by atoms with E-state index in [4.69, 9.17) is 4.99 Å². The van der Waals surface area contributed by atoms with Crippen molar-refractivity contribution in [2.75, 3.05) is 57.3 Å². The van der Waals surface area contributed by atoms with Gasteiger partial charge in [-0.1, -0.05) is 42.0 Å². The van der Waals surface area contributed by atoms with Gasteiger partial charge in [0.05, 0.1) is 18.1 Å². The summed E-state index contributed by atoms with van der Waals surface area (Å²) in [5, 5.41) is 3.41. The van der Waals surface area contributed by atoms with Crippen LogP contribution in [0.1, 0.15) is 25.3 Å². The molecule has 0 bridgehead atoms. The Labute approximate surface area is 192 Å². The van der Waals surface area contributed by atoms with Gasteiger partial charge in [-0.15, -0.1) is 24.0 Å². The van der Waals surface area contributed by atoms with Gasteiger partial charge in [0, 0.05) is 39.3 Å². The minimum Gasteiger partial charge on any atom is -0.357 e. The summed E-state index contributed by atoms with van der Waals surface area (Å²) in [4.78, 5) is 9.34. The number of likely N-dealkylation sites (tertiary alicyclic amines) is 1. The van der Waals surface area contributed by atoms with Gasteiger partial charge < -0.3 is 10.2 Å². The molecule has 2 aliphatic heterocycles. The molecule has 2 heterocycles. The maximum Gasteiger partial charge on any atom is 0.193 e. The lowest BCUT2D eigenvalue weighted by Crippen LogP contribution is -2.45. The molecule has 0 radical (unpaired) electrons. The molecule has 2 aliphatic rings. The van der Waals surface area contributed by atoms with E-state index in [0.717, 1.165) is 45.0 Å². The first-order valence-corrected chi connectivity index (χ1v) is 12.1. The van der Waals surface area contributed by atoms with E-state index >= 15 is 0 Å². The number of sulfone groups is 1. The molecule has 29 heavy (non-hydrogen) atoms. The standard InChI is InChI=1S/C21H32N4O2S.HI/c1-2-22-21(23-10-13-24-14-16-28(26,27)17-15-24)25-11-8-20(9-12-25)18-19-6-4-3-5-7-19;/h3-7,18H,2,8-17H2,1H3,(H,22,23);1H. The van der Waals surface area contributed by atoms with Crippen LogP contribution >= 0.6 is 24.0 Å². The number of nitrogens with zero attached hydrogens (tertiary/aromatic N) is 3. The lowest BCUT2D eigenvalue weighted by atomic mass is 10.0. The highest BCUT2D eigenvalue weighted by molar-refractivity contribution is 14.0. The summed E-state index contributed by atoms with van der Waals surface area (Å²) in [6.45, 7) is 7.68. The second-order valence-corrected chi connectivity index (χ2v) is 9.73. The maximum absolute atomic E-state index is 11.5. The minimum atomic E-state index is -2.81. The number of hydrogen-bond acceptors (Lipinski definition) is 4. The summed E-state index contributed by atoms with van der Waals surface area (Å²) < 4.78 is 23.1. The van der Waals surface area contributed by atoms with Crippen LogP contribution in [-0.4, -0.2) is 81.5 Å². The van der Waals surface area contributed by atoms with Gasteiger partial charge >= 0.3 is 0 Å². The topological polar surface area (TPSA) is 65.0 Å². The van der Waals surface area contributed by atoms with Gasteiger partial charge in [-0.05, 0) is 25.3 Å². The molecule has 2 fully saturated rings. The Bertz CT molecular complexity index is 772. The molecule has 6 nitrogen and oxygen atoms in total. The van der Waals surface area contributed by atoms with Crippen LogP contribution in [0.4, 0.5) is 0 Å². The highest BCUT2D eigenvalue weighted by Crippen LogP contribution is 2.19. The predicted molar refractivity (Wildman–Crippen MR) is 132 cm³/mol. The Balaban J connectivity index is 0.00000300. The molecule has 1 N–H and O–H groups in total. The van der Waals surface area contributed by atoms with E-state index in [9.17, 15) is 8.42 Å². The summed E-state index contributed by atoms with van der Waals surface area (Å²) >= 11 is 0. The molecule has 8 heteroatoms. The van der Waals surface area contributed by atoms with Crippen molar-refractivity contribution in [1.82, 2.24) is 15.1 Å². The number of guanidine groups is 1. The molecule has 1 aromatic carbocycles. The van der Waals surface area contributed by atoms with Crippen LogP contribution < -0.4 is 5.32 Å². The molecule has 162 valence electrons. The fourth-order valence-corrected chi connectivity index (χ4v) is 4.91. The van der Waals surface area contributed by atoms with Crippen molar-refractivity contribution >= 4 is 45.8 Å². The number of aliphatic imine (C=N–C) groups is 1. The molecule has 0 atom stereocenters. The van der Waals surface area contributed by atoms with Crippen LogP contribution in [0, 0.1) is 0 Å². The zero-order valence-corrected chi connectivity index (χ0v) is 20.4. The maximum atomic E-state index is 11.5. The van der Waals surface area contributed by atoms with Crippen molar-refractivity contribution in [1.29, 1.82) is 0 Å². The van der Waals surface area contributed by atoms with Gasteiger partial charge in [0.1, 0.15) is 0 Å². The van der Waals surface area contributed by atoms with Crippen molar-refractivity contribution in [2.45, 2.75) is 19.8 Å². The Kier molecular flexibility index (Phi) is 9.91. The number of rotatable bonds is 5. The van der Waals surface area contributed by atoms with E-state index in [2.05, 4.69) is 52.4 Å². The largest absolute Gasteiger partial charge is 0.357 e. The van der Waals surface area contributed by atoms with Crippen LogP contribution in [0.2, 0.25) is 0 Å². The number of benzene rings is 1. The lowest BCUT2D eigenvalue weighted by Gasteiger charge is -2.32. The van der Waals surface area contributed by atoms with Gasteiger partial charge in [0.2, 0.25) is 0 Å². The summed E-state index contributed by atoms with van der Waals surface area (Å²) in [5.41, 5.74) is 2.77. The van der Waals surface area contributed by atoms with E-state index in [-0.39, 0.29) is 35.5 Å². The van der Waals surface area contributed by atoms with Crippen molar-refractivity contribution < 1.29 is 8.42 Å². The molecule has 0 unspecified atom stereocenters. The Morgan fingerprint density at radius 3 is 2.38 bits per heavy atom. The van der Waals surface area contributed by atoms with Gasteiger partial charge in [0.15, 0.2) is 15.8 Å². The number of halogens is 1. The van der Waals surface area contributed by atoms with Gasteiger partial charge in [-0.2, -0.15) is 0 Å². The second kappa shape index (κ2) is 11.9. The summed E-state index contributed by atoms with van der Waals surface area (Å²) in [6.07, 6.45) is 4.43. The molecule has 0 amide bonds. The second-order valence-electron chi connectivity index (χ2n) is 7.43. The van der Waals surface area contributed by atoms with Crippen LogP contribution in [0.25, 0.3) is 6.08 Å². The number of nitrogens with one attached hydrogen (secondary N) is 1. The summed E-state index contributed by atoms with van der Waals surface area (Å²) in [5.74, 6) is 1.53. The fourth-order valence-electron chi connectivity index (χ4n) is 3.63. The zero-order chi connectivity index (χ0) is 19.8. The number of piperidine rings is 1. The van der Waals surface area contributed by atoms with Gasteiger partial charge in [-0.25, -0.2) is 8.42 Å². The van der Waals surface area contributed by atoms with E-state index < -0.39 is 9.84 Å². The van der Waals surface area contributed by atoms with Crippen molar-refractivity contribution in [3.05, 3.63) is 41.5 Å². The third-order valence-electron chi connectivity index (χ3n) is 5.33. The van der Waals surface area contributed by atoms with Crippen LogP contribution in [0.5, 0.6) is 0 Å². The van der Waals surface area contributed by atoms with Crippen LogP contribution in [0.3, 0.4) is 0 Å². The SMILES string of the molecule is CCNC(=NCCN1CCS(=O)(=O)CC1)N1CCC(=Cc2ccccc2)CC1.I. The van der Waals surface area contributed by atoms with E-state index in [1.807, 2.05) is 6.07 Å². The predicted octanol–water partition coefficient (Wildman–Crippen LogP) is 2.48. The molecule has 3 rings (SSSR count). The lowest BCUT2D eigenvalue weighted by molar-refractivity contribution is 0.302. The molecule has 0 aliphatic carbocycles. The molecule has 1 aromatic rings. The fraction of sp³-hybridized carbons (Fsp3) is 0.571.